The largest absolute Gasteiger partial charge is 0.439 e. The Morgan fingerprint density at radius 1 is 0.973 bits per heavy atom. The zero-order valence-electron chi connectivity index (χ0n) is 21.9. The fourth-order valence-electron chi connectivity index (χ4n) is 4.83. The lowest BCUT2D eigenvalue weighted by atomic mass is 10.1. The average molecular weight is 496 g/mol. The summed E-state index contributed by atoms with van der Waals surface area (Å²) in [6.07, 6.45) is 3.56. The normalized spacial score (nSPS) is 14.2. The van der Waals surface area contributed by atoms with Crippen LogP contribution in [0.4, 0.5) is 0 Å². The molecule has 0 spiro atoms. The SMILES string of the molecule is CCc1nn(-c2ccccc2)c(Oc2ccc(C)cc2)c1CN(CC1CC1)C[C@H](O)Cc1ccccc1. The number of aryl methyl sites for hydroxylation is 2. The van der Waals surface area contributed by atoms with E-state index in [1.807, 2.05) is 53.2 Å². The second kappa shape index (κ2) is 11.8. The van der Waals surface area contributed by atoms with Gasteiger partial charge in [-0.1, -0.05) is 73.2 Å². The van der Waals surface area contributed by atoms with Crippen molar-refractivity contribution in [3.8, 4) is 17.3 Å². The molecule has 1 N–H and O–H groups in total. The first-order valence-electron chi connectivity index (χ1n) is 13.4. The number of hydrogen-bond acceptors (Lipinski definition) is 4. The van der Waals surface area contributed by atoms with E-state index < -0.39 is 6.10 Å². The molecule has 1 saturated carbocycles. The molecule has 0 bridgehead atoms. The Hall–Kier alpha value is -3.41. The molecule has 5 heteroatoms. The van der Waals surface area contributed by atoms with Gasteiger partial charge in [0, 0.05) is 19.6 Å². The Morgan fingerprint density at radius 2 is 1.65 bits per heavy atom. The average Bonchev–Trinajstić information content (AvgIpc) is 3.67. The van der Waals surface area contributed by atoms with Crippen molar-refractivity contribution in [2.75, 3.05) is 13.1 Å². The molecule has 0 unspecified atom stereocenters. The molecule has 1 aliphatic carbocycles. The highest BCUT2D eigenvalue weighted by Crippen LogP contribution is 2.35. The van der Waals surface area contributed by atoms with Crippen LogP contribution in [0.25, 0.3) is 5.69 Å². The van der Waals surface area contributed by atoms with Crippen molar-refractivity contribution in [3.63, 3.8) is 0 Å². The van der Waals surface area contributed by atoms with Crippen molar-refractivity contribution < 1.29 is 9.84 Å². The Kier molecular flexibility index (Phi) is 8.02. The van der Waals surface area contributed by atoms with Crippen LogP contribution in [0.15, 0.2) is 84.9 Å². The molecule has 5 rings (SSSR count). The number of ether oxygens (including phenoxy) is 1. The molecule has 192 valence electrons. The Bertz CT molecular complexity index is 1260. The van der Waals surface area contributed by atoms with Crippen LogP contribution in [0.2, 0.25) is 0 Å². The monoisotopic (exact) mass is 495 g/mol. The molecule has 0 amide bonds. The molecule has 37 heavy (non-hydrogen) atoms. The highest BCUT2D eigenvalue weighted by atomic mass is 16.5. The van der Waals surface area contributed by atoms with Crippen molar-refractivity contribution in [3.05, 3.63) is 107 Å². The molecular weight excluding hydrogens is 458 g/mol. The van der Waals surface area contributed by atoms with E-state index in [4.69, 9.17) is 9.84 Å². The summed E-state index contributed by atoms with van der Waals surface area (Å²) in [6, 6.07) is 28.6. The van der Waals surface area contributed by atoms with Gasteiger partial charge in [-0.3, -0.25) is 4.90 Å². The lowest BCUT2D eigenvalue weighted by Crippen LogP contribution is -2.35. The summed E-state index contributed by atoms with van der Waals surface area (Å²) in [7, 11) is 0. The highest BCUT2D eigenvalue weighted by Gasteiger charge is 2.28. The minimum absolute atomic E-state index is 0.433. The van der Waals surface area contributed by atoms with Crippen molar-refractivity contribution in [2.45, 2.75) is 52.2 Å². The molecule has 0 radical (unpaired) electrons. The van der Waals surface area contributed by atoms with Gasteiger partial charge in [-0.25, -0.2) is 4.68 Å². The van der Waals surface area contributed by atoms with Gasteiger partial charge in [0.15, 0.2) is 0 Å². The minimum atomic E-state index is -0.433. The first-order valence-corrected chi connectivity index (χ1v) is 13.4. The second-order valence-electron chi connectivity index (χ2n) is 10.2. The fraction of sp³-hybridized carbons (Fsp3) is 0.344. The van der Waals surface area contributed by atoms with Crippen LogP contribution in [0.1, 0.15) is 42.1 Å². The Morgan fingerprint density at radius 3 is 2.30 bits per heavy atom. The van der Waals surface area contributed by atoms with E-state index >= 15 is 0 Å². The van der Waals surface area contributed by atoms with Crippen molar-refractivity contribution in [2.24, 2.45) is 5.92 Å². The summed E-state index contributed by atoms with van der Waals surface area (Å²) in [5.41, 5.74) is 5.46. The maximum Gasteiger partial charge on any atom is 0.227 e. The van der Waals surface area contributed by atoms with Crippen LogP contribution in [-0.4, -0.2) is 39.0 Å². The first kappa shape index (κ1) is 25.2. The summed E-state index contributed by atoms with van der Waals surface area (Å²) >= 11 is 0. The predicted molar refractivity (Wildman–Crippen MR) is 148 cm³/mol. The summed E-state index contributed by atoms with van der Waals surface area (Å²) in [4.78, 5) is 2.40. The van der Waals surface area contributed by atoms with Crippen LogP contribution in [0.3, 0.4) is 0 Å². The van der Waals surface area contributed by atoms with Gasteiger partial charge in [0.05, 0.1) is 23.0 Å². The molecule has 1 atom stereocenters. The second-order valence-corrected chi connectivity index (χ2v) is 10.2. The summed E-state index contributed by atoms with van der Waals surface area (Å²) in [5.74, 6) is 2.26. The van der Waals surface area contributed by atoms with E-state index in [0.29, 0.717) is 25.4 Å². The molecule has 1 aliphatic rings. The fourth-order valence-corrected chi connectivity index (χ4v) is 4.83. The van der Waals surface area contributed by atoms with Crippen LogP contribution in [-0.2, 0) is 19.4 Å². The number of nitrogens with zero attached hydrogens (tertiary/aromatic N) is 3. The molecule has 1 heterocycles. The smallest absolute Gasteiger partial charge is 0.227 e. The molecule has 0 aliphatic heterocycles. The molecular formula is C32H37N3O2. The molecule has 4 aromatic rings. The number of para-hydroxylation sites is 1. The van der Waals surface area contributed by atoms with Gasteiger partial charge >= 0.3 is 0 Å². The van der Waals surface area contributed by atoms with E-state index in [9.17, 15) is 5.11 Å². The third-order valence-corrected chi connectivity index (χ3v) is 6.97. The minimum Gasteiger partial charge on any atom is -0.439 e. The third-order valence-electron chi connectivity index (χ3n) is 6.97. The van der Waals surface area contributed by atoms with Gasteiger partial charge in [-0.15, -0.1) is 0 Å². The zero-order chi connectivity index (χ0) is 25.6. The van der Waals surface area contributed by atoms with E-state index in [1.165, 1.54) is 18.4 Å². The molecule has 0 saturated heterocycles. The van der Waals surface area contributed by atoms with Gasteiger partial charge < -0.3 is 9.84 Å². The molecule has 3 aromatic carbocycles. The number of benzene rings is 3. The van der Waals surface area contributed by atoms with E-state index in [1.54, 1.807) is 0 Å². The number of aliphatic hydroxyl groups is 1. The zero-order valence-corrected chi connectivity index (χ0v) is 21.9. The first-order chi connectivity index (χ1) is 18.1. The quantitative estimate of drug-likeness (QED) is 0.249. The molecule has 1 aromatic heterocycles. The standard InChI is InChI=1S/C32H37N3O2/c1-3-31-30(23-34(21-26-16-17-26)22-28(36)20-25-10-6-4-7-11-25)32(37-29-18-14-24(2)15-19-29)35(33-31)27-12-8-5-9-13-27/h4-15,18-19,26,28,36H,3,16-17,20-23H2,1-2H3/t28-/m1/s1. The summed E-state index contributed by atoms with van der Waals surface area (Å²) in [6.45, 7) is 6.52. The van der Waals surface area contributed by atoms with Gasteiger partial charge in [-0.05, 0) is 68.4 Å². The summed E-state index contributed by atoms with van der Waals surface area (Å²) in [5, 5.41) is 16.0. The number of aliphatic hydroxyl groups excluding tert-OH is 1. The number of rotatable bonds is 12. The van der Waals surface area contributed by atoms with Crippen molar-refractivity contribution >= 4 is 0 Å². The lowest BCUT2D eigenvalue weighted by molar-refractivity contribution is 0.105. The molecule has 1 fully saturated rings. The predicted octanol–water partition coefficient (Wildman–Crippen LogP) is 6.35. The van der Waals surface area contributed by atoms with E-state index in [-0.39, 0.29) is 0 Å². The van der Waals surface area contributed by atoms with Crippen molar-refractivity contribution in [1.29, 1.82) is 0 Å². The lowest BCUT2D eigenvalue weighted by Gasteiger charge is -2.26. The van der Waals surface area contributed by atoms with Gasteiger partial charge in [0.25, 0.3) is 0 Å². The Balaban J connectivity index is 1.46. The van der Waals surface area contributed by atoms with Gasteiger partial charge in [-0.2, -0.15) is 5.10 Å². The van der Waals surface area contributed by atoms with E-state index in [0.717, 1.165) is 47.1 Å². The van der Waals surface area contributed by atoms with Crippen LogP contribution in [0.5, 0.6) is 11.6 Å². The maximum absolute atomic E-state index is 11.0. The maximum atomic E-state index is 11.0. The highest BCUT2D eigenvalue weighted by molar-refractivity contribution is 5.44. The van der Waals surface area contributed by atoms with Crippen LogP contribution < -0.4 is 4.74 Å². The van der Waals surface area contributed by atoms with Crippen LogP contribution in [0, 0.1) is 12.8 Å². The Labute approximate surface area is 220 Å². The van der Waals surface area contributed by atoms with Crippen LogP contribution >= 0.6 is 0 Å². The summed E-state index contributed by atoms with van der Waals surface area (Å²) < 4.78 is 8.50. The van der Waals surface area contributed by atoms with Crippen molar-refractivity contribution in [1.82, 2.24) is 14.7 Å². The van der Waals surface area contributed by atoms with Gasteiger partial charge in [0.2, 0.25) is 5.88 Å². The topological polar surface area (TPSA) is 50.5 Å². The number of hydrogen-bond donors (Lipinski definition) is 1. The van der Waals surface area contributed by atoms with E-state index in [2.05, 4.69) is 55.1 Å². The third kappa shape index (κ3) is 6.68. The number of aromatic nitrogens is 2. The molecule has 5 nitrogen and oxygen atoms in total. The van der Waals surface area contributed by atoms with Gasteiger partial charge in [0.1, 0.15) is 5.75 Å².